The Morgan fingerprint density at radius 1 is 1.03 bits per heavy atom. The quantitative estimate of drug-likeness (QED) is 0.347. The average molecular weight is 536 g/mol. The second kappa shape index (κ2) is 11.9. The molecule has 2 heterocycles. The molecule has 5 rings (SSSR count). The van der Waals surface area contributed by atoms with Crippen LogP contribution in [0, 0.1) is 5.82 Å². The summed E-state index contributed by atoms with van der Waals surface area (Å²) in [6.07, 6.45) is 6.00. The number of ether oxygens (including phenoxy) is 3. The van der Waals surface area contributed by atoms with E-state index in [1.807, 2.05) is 12.1 Å². The number of carbonyl (C=O) groups is 1. The van der Waals surface area contributed by atoms with Crippen LogP contribution in [0.3, 0.4) is 0 Å². The number of ketones is 1. The van der Waals surface area contributed by atoms with Crippen molar-refractivity contribution in [1.29, 1.82) is 0 Å². The first kappa shape index (κ1) is 26.7. The summed E-state index contributed by atoms with van der Waals surface area (Å²) >= 11 is 0. The van der Waals surface area contributed by atoms with Crippen LogP contribution in [0.5, 0.6) is 17.2 Å². The van der Waals surface area contributed by atoms with Crippen LogP contribution in [0.2, 0.25) is 0 Å². The Morgan fingerprint density at radius 3 is 2.38 bits per heavy atom. The lowest BCUT2D eigenvalue weighted by molar-refractivity contribution is 0.0987. The molecular formula is C29H34FN5O4. The van der Waals surface area contributed by atoms with Crippen LogP contribution in [0.15, 0.2) is 42.7 Å². The molecule has 1 aromatic heterocycles. The number of Topliss-reactive ketones (excluding diaryl/α,β-unsaturated/α-hetero) is 1. The minimum absolute atomic E-state index is 0.00524. The molecular weight excluding hydrogens is 501 g/mol. The number of methoxy groups -OCH3 is 2. The Bertz CT molecular complexity index is 1310. The predicted octanol–water partition coefficient (Wildman–Crippen LogP) is 4.83. The number of benzene rings is 2. The third-order valence-corrected chi connectivity index (χ3v) is 7.15. The van der Waals surface area contributed by atoms with E-state index in [0.717, 1.165) is 49.3 Å². The van der Waals surface area contributed by atoms with Crippen LogP contribution in [0.1, 0.15) is 42.1 Å². The molecule has 10 heteroatoms. The Labute approximate surface area is 227 Å². The van der Waals surface area contributed by atoms with Crippen molar-refractivity contribution in [2.75, 3.05) is 50.6 Å². The van der Waals surface area contributed by atoms with Crippen molar-refractivity contribution in [3.8, 4) is 17.2 Å². The van der Waals surface area contributed by atoms with Gasteiger partial charge in [-0.3, -0.25) is 9.69 Å². The summed E-state index contributed by atoms with van der Waals surface area (Å²) in [5, 5.41) is 3.19. The number of aromatic nitrogens is 2. The summed E-state index contributed by atoms with van der Waals surface area (Å²) in [5.41, 5.74) is 2.48. The number of hydrogen-bond acceptors (Lipinski definition) is 9. The summed E-state index contributed by atoms with van der Waals surface area (Å²) < 4.78 is 31.2. The first-order chi connectivity index (χ1) is 19.0. The van der Waals surface area contributed by atoms with E-state index in [1.165, 1.54) is 44.5 Å². The zero-order chi connectivity index (χ0) is 27.4. The standard InChI is InChI=1S/C29H34FN5O4/c1-4-25(36)19-13-20(28(30)27(14-19)38-3)18-39-23-16-31-29(32-17-23)33-21-5-8-24(26(15-21)37-2)35-11-9-34(10-12-35)22-6-7-22/h5,8,13-17,22H,4,6-7,9-12,18H2,1-3H3,(H,31,32,33). The number of carbonyl (C=O) groups excluding carboxylic acids is 1. The predicted molar refractivity (Wildman–Crippen MR) is 147 cm³/mol. The third-order valence-electron chi connectivity index (χ3n) is 7.15. The van der Waals surface area contributed by atoms with Crippen LogP contribution in [-0.2, 0) is 6.61 Å². The SMILES string of the molecule is CCC(=O)c1cc(COc2cnc(Nc3ccc(N4CCN(C5CC5)CC4)c(OC)c3)nc2)c(F)c(OC)c1. The fourth-order valence-corrected chi connectivity index (χ4v) is 4.80. The monoisotopic (exact) mass is 535 g/mol. The Morgan fingerprint density at radius 2 is 1.74 bits per heavy atom. The number of nitrogens with one attached hydrogen (secondary N) is 1. The Kier molecular flexibility index (Phi) is 8.11. The molecule has 3 aromatic rings. The highest BCUT2D eigenvalue weighted by Gasteiger charge is 2.31. The van der Waals surface area contributed by atoms with Crippen molar-refractivity contribution in [2.24, 2.45) is 0 Å². The average Bonchev–Trinajstić information content (AvgIpc) is 3.83. The van der Waals surface area contributed by atoms with Gasteiger partial charge in [-0.25, -0.2) is 14.4 Å². The number of rotatable bonds is 11. The van der Waals surface area contributed by atoms with E-state index >= 15 is 0 Å². The molecule has 9 nitrogen and oxygen atoms in total. The van der Waals surface area contributed by atoms with Crippen LogP contribution in [-0.4, -0.2) is 67.1 Å². The number of nitrogens with zero attached hydrogens (tertiary/aromatic N) is 4. The summed E-state index contributed by atoms with van der Waals surface area (Å²) in [6.45, 7) is 5.79. The molecule has 2 fully saturated rings. The summed E-state index contributed by atoms with van der Waals surface area (Å²) in [5.74, 6) is 0.885. The maximum Gasteiger partial charge on any atom is 0.227 e. The van der Waals surface area contributed by atoms with Gasteiger partial charge in [0.25, 0.3) is 0 Å². The lowest BCUT2D eigenvalue weighted by atomic mass is 10.0. The number of halogens is 1. The summed E-state index contributed by atoms with van der Waals surface area (Å²) in [6, 6.07) is 9.68. The molecule has 0 radical (unpaired) electrons. The number of anilines is 3. The fourth-order valence-electron chi connectivity index (χ4n) is 4.80. The van der Waals surface area contributed by atoms with Crippen LogP contribution >= 0.6 is 0 Å². The van der Waals surface area contributed by atoms with Crippen molar-refractivity contribution < 1.29 is 23.4 Å². The molecule has 0 unspecified atom stereocenters. The van der Waals surface area contributed by atoms with Gasteiger partial charge in [-0.2, -0.15) is 0 Å². The summed E-state index contributed by atoms with van der Waals surface area (Å²) in [7, 11) is 3.04. The highest BCUT2D eigenvalue weighted by Crippen LogP contribution is 2.34. The van der Waals surface area contributed by atoms with Gasteiger partial charge >= 0.3 is 0 Å². The molecule has 0 amide bonds. The molecule has 1 saturated heterocycles. The molecule has 1 N–H and O–H groups in total. The van der Waals surface area contributed by atoms with E-state index in [2.05, 4.69) is 31.2 Å². The lowest BCUT2D eigenvalue weighted by Gasteiger charge is -2.36. The number of piperazine rings is 1. The van der Waals surface area contributed by atoms with Crippen molar-refractivity contribution in [2.45, 2.75) is 38.8 Å². The van der Waals surface area contributed by atoms with Crippen molar-refractivity contribution >= 4 is 23.1 Å². The van der Waals surface area contributed by atoms with Gasteiger partial charge in [-0.15, -0.1) is 0 Å². The zero-order valence-electron chi connectivity index (χ0n) is 22.6. The number of hydrogen-bond donors (Lipinski definition) is 1. The Balaban J connectivity index is 1.21. The van der Waals surface area contributed by atoms with E-state index in [1.54, 1.807) is 14.0 Å². The van der Waals surface area contributed by atoms with Gasteiger partial charge in [0.1, 0.15) is 12.4 Å². The van der Waals surface area contributed by atoms with E-state index in [-0.39, 0.29) is 23.7 Å². The van der Waals surface area contributed by atoms with Gasteiger partial charge in [-0.05, 0) is 37.1 Å². The van der Waals surface area contributed by atoms with E-state index in [9.17, 15) is 9.18 Å². The maximum absolute atomic E-state index is 14.7. The minimum Gasteiger partial charge on any atom is -0.495 e. The van der Waals surface area contributed by atoms with Gasteiger partial charge in [-0.1, -0.05) is 6.92 Å². The molecule has 206 valence electrons. The molecule has 1 aliphatic carbocycles. The zero-order valence-corrected chi connectivity index (χ0v) is 22.6. The van der Waals surface area contributed by atoms with Gasteiger partial charge in [0.15, 0.2) is 23.1 Å². The fraction of sp³-hybridized carbons (Fsp3) is 0.414. The van der Waals surface area contributed by atoms with E-state index < -0.39 is 5.82 Å². The normalized spacial score (nSPS) is 15.6. The smallest absolute Gasteiger partial charge is 0.227 e. The van der Waals surface area contributed by atoms with Gasteiger partial charge in [0.2, 0.25) is 5.95 Å². The second-order valence-electron chi connectivity index (χ2n) is 9.73. The Hall–Kier alpha value is -3.92. The summed E-state index contributed by atoms with van der Waals surface area (Å²) in [4.78, 5) is 25.7. The molecule has 1 saturated carbocycles. The van der Waals surface area contributed by atoms with Gasteiger partial charge in [0.05, 0.1) is 32.3 Å². The molecule has 0 spiro atoms. The lowest BCUT2D eigenvalue weighted by Crippen LogP contribution is -2.47. The van der Waals surface area contributed by atoms with Crippen LogP contribution in [0.25, 0.3) is 0 Å². The van der Waals surface area contributed by atoms with Gasteiger partial charge < -0.3 is 24.4 Å². The molecule has 39 heavy (non-hydrogen) atoms. The largest absolute Gasteiger partial charge is 0.495 e. The highest BCUT2D eigenvalue weighted by atomic mass is 19.1. The topological polar surface area (TPSA) is 89.1 Å². The molecule has 1 aliphatic heterocycles. The van der Waals surface area contributed by atoms with Gasteiger partial charge in [0, 0.05) is 61.5 Å². The second-order valence-corrected chi connectivity index (χ2v) is 9.73. The van der Waals surface area contributed by atoms with E-state index in [0.29, 0.717) is 23.7 Å². The maximum atomic E-state index is 14.7. The minimum atomic E-state index is -0.563. The van der Waals surface area contributed by atoms with Crippen LogP contribution in [0.4, 0.5) is 21.7 Å². The van der Waals surface area contributed by atoms with Crippen molar-refractivity contribution in [1.82, 2.24) is 14.9 Å². The molecule has 2 aromatic carbocycles. The van der Waals surface area contributed by atoms with Crippen LogP contribution < -0.4 is 24.4 Å². The molecule has 0 atom stereocenters. The molecule has 2 aliphatic rings. The third kappa shape index (κ3) is 6.22. The van der Waals surface area contributed by atoms with Crippen molar-refractivity contribution in [3.63, 3.8) is 0 Å². The van der Waals surface area contributed by atoms with E-state index in [4.69, 9.17) is 14.2 Å². The van der Waals surface area contributed by atoms with Crippen molar-refractivity contribution in [3.05, 3.63) is 59.7 Å². The highest BCUT2D eigenvalue weighted by molar-refractivity contribution is 5.96. The first-order valence-corrected chi connectivity index (χ1v) is 13.3. The first-order valence-electron chi connectivity index (χ1n) is 13.3. The molecule has 0 bridgehead atoms.